The molecule has 0 aromatic heterocycles. The number of aliphatic carboxylic acids is 1. The predicted octanol–water partition coefficient (Wildman–Crippen LogP) is 5.39. The van der Waals surface area contributed by atoms with Crippen molar-refractivity contribution in [3.63, 3.8) is 0 Å². The Morgan fingerprint density at radius 3 is 2.48 bits per heavy atom. The number of anilines is 1. The molecular weight excluding hydrogens is 461 g/mol. The highest BCUT2D eigenvalue weighted by atomic mass is 35.5. The second-order valence-corrected chi connectivity index (χ2v) is 9.56. The number of carbonyl (C=O) groups is 1. The van der Waals surface area contributed by atoms with Crippen LogP contribution in [-0.4, -0.2) is 26.6 Å². The van der Waals surface area contributed by atoms with E-state index in [9.17, 15) is 18.3 Å². The standard InChI is InChI=1S/C22H17Cl2NO5S/c1-30-20-8-4-6-15-19(12-21(26)27)25(18-7-3-2-5-14(18)22(15)20)31(28,29)13-9-10-16(23)17(24)11-13/h2-11,19H,12H2,1H3,(H,26,27). The Kier molecular flexibility index (Phi) is 5.60. The van der Waals surface area contributed by atoms with Gasteiger partial charge in [-0.05, 0) is 35.9 Å². The van der Waals surface area contributed by atoms with Gasteiger partial charge in [-0.1, -0.05) is 53.5 Å². The summed E-state index contributed by atoms with van der Waals surface area (Å²) in [5.41, 5.74) is 2.20. The molecule has 0 radical (unpaired) electrons. The van der Waals surface area contributed by atoms with Gasteiger partial charge in [-0.3, -0.25) is 9.10 Å². The van der Waals surface area contributed by atoms with E-state index < -0.39 is 28.5 Å². The van der Waals surface area contributed by atoms with E-state index in [1.165, 1.54) is 25.3 Å². The zero-order valence-electron chi connectivity index (χ0n) is 16.2. The van der Waals surface area contributed by atoms with Gasteiger partial charge in [0.1, 0.15) is 5.75 Å². The molecule has 0 spiro atoms. The Morgan fingerprint density at radius 1 is 1.06 bits per heavy atom. The monoisotopic (exact) mass is 477 g/mol. The fourth-order valence-electron chi connectivity index (χ4n) is 3.86. The third-order valence-electron chi connectivity index (χ3n) is 5.15. The molecule has 3 aromatic carbocycles. The number of ether oxygens (including phenoxy) is 1. The molecule has 9 heteroatoms. The van der Waals surface area contributed by atoms with Crippen LogP contribution in [0.4, 0.5) is 5.69 Å². The Morgan fingerprint density at radius 2 is 1.81 bits per heavy atom. The van der Waals surface area contributed by atoms with E-state index in [0.717, 1.165) is 4.31 Å². The average Bonchev–Trinajstić information content (AvgIpc) is 2.74. The Hall–Kier alpha value is -2.74. The van der Waals surface area contributed by atoms with E-state index in [1.54, 1.807) is 42.5 Å². The lowest BCUT2D eigenvalue weighted by Crippen LogP contribution is -2.38. The quantitative estimate of drug-likeness (QED) is 0.532. The molecule has 160 valence electrons. The van der Waals surface area contributed by atoms with Crippen LogP contribution in [0, 0.1) is 0 Å². The highest BCUT2D eigenvalue weighted by Gasteiger charge is 2.41. The molecule has 1 heterocycles. The third-order valence-corrected chi connectivity index (χ3v) is 7.70. The van der Waals surface area contributed by atoms with E-state index in [0.29, 0.717) is 28.1 Å². The summed E-state index contributed by atoms with van der Waals surface area (Å²) >= 11 is 12.0. The maximum Gasteiger partial charge on any atom is 0.305 e. The van der Waals surface area contributed by atoms with Crippen LogP contribution in [0.15, 0.2) is 65.6 Å². The fourth-order valence-corrected chi connectivity index (χ4v) is 5.90. The predicted molar refractivity (Wildman–Crippen MR) is 120 cm³/mol. The molecule has 1 aliphatic heterocycles. The minimum absolute atomic E-state index is 0.0848. The molecule has 1 aliphatic rings. The molecule has 0 saturated carbocycles. The number of methoxy groups -OCH3 is 1. The molecule has 0 fully saturated rings. The zero-order chi connectivity index (χ0) is 22.3. The lowest BCUT2D eigenvalue weighted by molar-refractivity contribution is -0.137. The summed E-state index contributed by atoms with van der Waals surface area (Å²) in [6, 6.07) is 15.1. The summed E-state index contributed by atoms with van der Waals surface area (Å²) < 4.78 is 34.2. The number of nitrogens with zero attached hydrogens (tertiary/aromatic N) is 1. The average molecular weight is 478 g/mol. The number of benzene rings is 3. The minimum atomic E-state index is -4.19. The van der Waals surface area contributed by atoms with Crippen molar-refractivity contribution in [2.24, 2.45) is 0 Å². The van der Waals surface area contributed by atoms with Gasteiger partial charge >= 0.3 is 5.97 Å². The summed E-state index contributed by atoms with van der Waals surface area (Å²) in [7, 11) is -2.67. The van der Waals surface area contributed by atoms with Gasteiger partial charge in [0.2, 0.25) is 0 Å². The Balaban J connectivity index is 2.02. The Labute approximate surface area is 189 Å². The molecule has 6 nitrogen and oxygen atoms in total. The number of hydrogen-bond donors (Lipinski definition) is 1. The van der Waals surface area contributed by atoms with Crippen LogP contribution in [0.2, 0.25) is 10.0 Å². The van der Waals surface area contributed by atoms with Crippen molar-refractivity contribution in [1.29, 1.82) is 0 Å². The SMILES string of the molecule is COc1cccc2c1-c1ccccc1N(S(=O)(=O)c1ccc(Cl)c(Cl)c1)C2CC(=O)O. The fraction of sp³-hybridized carbons (Fsp3) is 0.136. The molecule has 1 unspecified atom stereocenters. The summed E-state index contributed by atoms with van der Waals surface area (Å²) in [5.74, 6) is -0.598. The van der Waals surface area contributed by atoms with Gasteiger partial charge in [0.25, 0.3) is 10.0 Å². The van der Waals surface area contributed by atoms with Crippen molar-refractivity contribution >= 4 is 44.9 Å². The second-order valence-electron chi connectivity index (χ2n) is 6.93. The highest BCUT2D eigenvalue weighted by molar-refractivity contribution is 7.92. The number of carboxylic acid groups (broad SMARTS) is 1. The normalized spacial score (nSPS) is 15.2. The topological polar surface area (TPSA) is 83.9 Å². The molecule has 1 N–H and O–H groups in total. The zero-order valence-corrected chi connectivity index (χ0v) is 18.6. The van der Waals surface area contributed by atoms with Crippen molar-refractivity contribution in [1.82, 2.24) is 0 Å². The molecule has 4 rings (SSSR count). The smallest absolute Gasteiger partial charge is 0.305 e. The number of para-hydroxylation sites is 1. The van der Waals surface area contributed by atoms with Gasteiger partial charge < -0.3 is 9.84 Å². The van der Waals surface area contributed by atoms with Crippen LogP contribution >= 0.6 is 23.2 Å². The first-order valence-corrected chi connectivity index (χ1v) is 11.4. The number of carboxylic acids is 1. The van der Waals surface area contributed by atoms with Gasteiger partial charge in [0.05, 0.1) is 40.2 Å². The van der Waals surface area contributed by atoms with Gasteiger partial charge in [-0.15, -0.1) is 0 Å². The summed E-state index contributed by atoms with van der Waals surface area (Å²) in [4.78, 5) is 11.7. The van der Waals surface area contributed by atoms with Gasteiger partial charge in [0.15, 0.2) is 0 Å². The first-order valence-electron chi connectivity index (χ1n) is 9.23. The van der Waals surface area contributed by atoms with Crippen molar-refractivity contribution in [3.05, 3.63) is 76.3 Å². The van der Waals surface area contributed by atoms with E-state index in [2.05, 4.69) is 0 Å². The Bertz CT molecular complexity index is 1290. The molecule has 3 aromatic rings. The van der Waals surface area contributed by atoms with Crippen molar-refractivity contribution in [2.45, 2.75) is 17.4 Å². The maximum atomic E-state index is 13.8. The molecular formula is C22H17Cl2NO5S. The van der Waals surface area contributed by atoms with Crippen molar-refractivity contribution in [3.8, 4) is 16.9 Å². The first-order chi connectivity index (χ1) is 14.8. The van der Waals surface area contributed by atoms with Crippen molar-refractivity contribution < 1.29 is 23.1 Å². The summed E-state index contributed by atoms with van der Waals surface area (Å²) in [6.07, 6.45) is -0.435. The van der Waals surface area contributed by atoms with E-state index in [1.807, 2.05) is 0 Å². The molecule has 1 atom stereocenters. The summed E-state index contributed by atoms with van der Waals surface area (Å²) in [5, 5.41) is 9.92. The van der Waals surface area contributed by atoms with Gasteiger partial charge in [-0.2, -0.15) is 0 Å². The van der Waals surface area contributed by atoms with Crippen LogP contribution in [0.1, 0.15) is 18.0 Å². The van der Waals surface area contributed by atoms with Crippen LogP contribution in [0.5, 0.6) is 5.75 Å². The second kappa shape index (κ2) is 8.07. The van der Waals surface area contributed by atoms with Crippen LogP contribution in [-0.2, 0) is 14.8 Å². The van der Waals surface area contributed by atoms with E-state index in [4.69, 9.17) is 27.9 Å². The maximum absolute atomic E-state index is 13.8. The van der Waals surface area contributed by atoms with Gasteiger partial charge in [0, 0.05) is 11.1 Å². The van der Waals surface area contributed by atoms with Crippen LogP contribution in [0.25, 0.3) is 11.1 Å². The number of sulfonamides is 1. The number of hydrogen-bond acceptors (Lipinski definition) is 4. The first kappa shape index (κ1) is 21.5. The number of halogens is 2. The summed E-state index contributed by atoms with van der Waals surface area (Å²) in [6.45, 7) is 0. The van der Waals surface area contributed by atoms with Gasteiger partial charge in [-0.25, -0.2) is 8.42 Å². The minimum Gasteiger partial charge on any atom is -0.496 e. The molecule has 0 amide bonds. The molecule has 31 heavy (non-hydrogen) atoms. The van der Waals surface area contributed by atoms with E-state index in [-0.39, 0.29) is 14.9 Å². The number of fused-ring (bicyclic) bond motifs is 3. The highest BCUT2D eigenvalue weighted by Crippen LogP contribution is 2.51. The third kappa shape index (κ3) is 3.63. The molecule has 0 aliphatic carbocycles. The molecule has 0 bridgehead atoms. The van der Waals surface area contributed by atoms with Crippen molar-refractivity contribution in [2.75, 3.05) is 11.4 Å². The van der Waals surface area contributed by atoms with E-state index >= 15 is 0 Å². The largest absolute Gasteiger partial charge is 0.496 e. The van der Waals surface area contributed by atoms with Crippen LogP contribution < -0.4 is 9.04 Å². The number of rotatable bonds is 5. The lowest BCUT2D eigenvalue weighted by Gasteiger charge is -2.39. The lowest BCUT2D eigenvalue weighted by atomic mass is 9.87. The van der Waals surface area contributed by atoms with Crippen LogP contribution in [0.3, 0.4) is 0 Å². The molecule has 0 saturated heterocycles.